The number of carbonyl (C=O) groups is 1. The van der Waals surface area contributed by atoms with Crippen LogP contribution in [0, 0.1) is 0 Å². The molecule has 0 aliphatic carbocycles. The minimum atomic E-state index is -0.525. The van der Waals surface area contributed by atoms with Gasteiger partial charge < -0.3 is 24.5 Å². The van der Waals surface area contributed by atoms with Gasteiger partial charge in [0.1, 0.15) is 17.2 Å². The smallest absolute Gasteiger partial charge is 0.219 e. The summed E-state index contributed by atoms with van der Waals surface area (Å²) >= 11 is 0. The zero-order valence-corrected chi connectivity index (χ0v) is 18.1. The summed E-state index contributed by atoms with van der Waals surface area (Å²) in [6.45, 7) is 2.97. The third kappa shape index (κ3) is 3.20. The summed E-state index contributed by atoms with van der Waals surface area (Å²) in [5.74, 6) is 2.51. The Labute approximate surface area is 182 Å². The topological polar surface area (TPSA) is 63.3 Å². The van der Waals surface area contributed by atoms with Crippen molar-refractivity contribution >= 4 is 11.6 Å². The monoisotopic (exact) mass is 421 g/mol. The standard InChI is InChI=1S/C24H27N3O4/c1-16(28)26-12-10-24(11-13-26)27-21(19-6-4-5-7-22(19)31-24)15-20(25-27)18-9-8-17(29-2)14-23(18)30-3/h4-9,14-15,21,25H,10-13H2,1-3H3/t21-/m0/s1. The van der Waals surface area contributed by atoms with Gasteiger partial charge in [-0.15, -0.1) is 0 Å². The number of hydrogen-bond donors (Lipinski definition) is 1. The Morgan fingerprint density at radius 3 is 2.61 bits per heavy atom. The molecule has 0 saturated carbocycles. The quantitative estimate of drug-likeness (QED) is 0.820. The van der Waals surface area contributed by atoms with E-state index < -0.39 is 5.72 Å². The van der Waals surface area contributed by atoms with E-state index in [1.54, 1.807) is 21.1 Å². The summed E-state index contributed by atoms with van der Waals surface area (Å²) in [5.41, 5.74) is 6.14. The highest BCUT2D eigenvalue weighted by molar-refractivity contribution is 5.74. The third-order valence-corrected chi connectivity index (χ3v) is 6.51. The van der Waals surface area contributed by atoms with Crippen LogP contribution in [-0.2, 0) is 4.79 Å². The molecule has 7 heteroatoms. The van der Waals surface area contributed by atoms with Crippen LogP contribution in [0.4, 0.5) is 0 Å². The van der Waals surface area contributed by atoms with Crippen molar-refractivity contribution < 1.29 is 19.0 Å². The molecule has 7 nitrogen and oxygen atoms in total. The first-order valence-corrected chi connectivity index (χ1v) is 10.6. The van der Waals surface area contributed by atoms with Crippen LogP contribution in [0.5, 0.6) is 17.2 Å². The molecular formula is C24H27N3O4. The Morgan fingerprint density at radius 2 is 1.90 bits per heavy atom. The van der Waals surface area contributed by atoms with Gasteiger partial charge in [-0.1, -0.05) is 18.2 Å². The number of fused-ring (bicyclic) bond motifs is 4. The molecule has 1 fully saturated rings. The molecule has 5 rings (SSSR count). The molecular weight excluding hydrogens is 394 g/mol. The van der Waals surface area contributed by atoms with Crippen LogP contribution in [-0.4, -0.2) is 48.9 Å². The van der Waals surface area contributed by atoms with Gasteiger partial charge in [0.25, 0.3) is 0 Å². The average Bonchev–Trinajstić information content (AvgIpc) is 3.25. The molecule has 1 saturated heterocycles. The fraction of sp³-hybridized carbons (Fsp3) is 0.375. The summed E-state index contributed by atoms with van der Waals surface area (Å²) in [5, 5.41) is 2.21. The largest absolute Gasteiger partial charge is 0.497 e. The normalized spacial score (nSPS) is 21.5. The van der Waals surface area contributed by atoms with Crippen molar-refractivity contribution in [3.63, 3.8) is 0 Å². The van der Waals surface area contributed by atoms with Crippen molar-refractivity contribution in [1.82, 2.24) is 15.3 Å². The van der Waals surface area contributed by atoms with Gasteiger partial charge in [-0.2, -0.15) is 5.01 Å². The van der Waals surface area contributed by atoms with Crippen molar-refractivity contribution in [3.05, 3.63) is 59.7 Å². The van der Waals surface area contributed by atoms with Gasteiger partial charge in [-0.3, -0.25) is 4.79 Å². The van der Waals surface area contributed by atoms with E-state index >= 15 is 0 Å². The Hall–Kier alpha value is -3.19. The van der Waals surface area contributed by atoms with Gasteiger partial charge in [0.2, 0.25) is 5.91 Å². The number of ether oxygens (including phenoxy) is 3. The Morgan fingerprint density at radius 1 is 1.13 bits per heavy atom. The fourth-order valence-corrected chi connectivity index (χ4v) is 4.81. The van der Waals surface area contributed by atoms with Crippen LogP contribution >= 0.6 is 0 Å². The second-order valence-corrected chi connectivity index (χ2v) is 8.17. The lowest BCUT2D eigenvalue weighted by Crippen LogP contribution is -2.64. The van der Waals surface area contributed by atoms with Gasteiger partial charge in [0, 0.05) is 50.0 Å². The molecule has 3 heterocycles. The molecule has 1 amide bonds. The maximum absolute atomic E-state index is 11.9. The van der Waals surface area contributed by atoms with Gasteiger partial charge in [0.15, 0.2) is 5.72 Å². The first-order valence-electron chi connectivity index (χ1n) is 10.6. The number of para-hydroxylation sites is 1. The predicted octanol–water partition coefficient (Wildman–Crippen LogP) is 3.34. The van der Waals surface area contributed by atoms with Crippen molar-refractivity contribution in [2.75, 3.05) is 27.3 Å². The van der Waals surface area contributed by atoms with E-state index in [-0.39, 0.29) is 11.9 Å². The third-order valence-electron chi connectivity index (χ3n) is 6.51. The zero-order chi connectivity index (χ0) is 21.6. The van der Waals surface area contributed by atoms with Crippen molar-refractivity contribution in [2.24, 2.45) is 0 Å². The van der Waals surface area contributed by atoms with Crippen LogP contribution in [0.25, 0.3) is 5.70 Å². The molecule has 2 aromatic rings. The average molecular weight is 421 g/mol. The molecule has 0 unspecified atom stereocenters. The van der Waals surface area contributed by atoms with Gasteiger partial charge in [-0.25, -0.2) is 0 Å². The van der Waals surface area contributed by atoms with E-state index in [2.05, 4.69) is 22.6 Å². The molecule has 1 N–H and O–H groups in total. The van der Waals surface area contributed by atoms with E-state index in [1.165, 1.54) is 0 Å². The summed E-state index contributed by atoms with van der Waals surface area (Å²) in [7, 11) is 3.31. The molecule has 31 heavy (non-hydrogen) atoms. The maximum atomic E-state index is 11.9. The lowest BCUT2D eigenvalue weighted by Gasteiger charge is -2.51. The molecule has 0 aromatic heterocycles. The number of hydrazine groups is 1. The SMILES string of the molecule is COc1ccc(C2=C[C@H]3c4ccccc4OC4(CCN(C(C)=O)CC4)N3N2)c(OC)c1. The first-order chi connectivity index (χ1) is 15.0. The minimum absolute atomic E-state index is 0.0237. The van der Waals surface area contributed by atoms with Crippen LogP contribution in [0.3, 0.4) is 0 Å². The van der Waals surface area contributed by atoms with Crippen molar-refractivity contribution in [2.45, 2.75) is 31.5 Å². The number of nitrogens with zero attached hydrogens (tertiary/aromatic N) is 2. The second kappa shape index (κ2) is 7.50. The Bertz CT molecular complexity index is 1040. The van der Waals surface area contributed by atoms with E-state index in [1.807, 2.05) is 41.3 Å². The molecule has 3 aliphatic rings. The summed E-state index contributed by atoms with van der Waals surface area (Å²) in [6, 6.07) is 14.0. The lowest BCUT2D eigenvalue weighted by atomic mass is 9.92. The number of nitrogens with one attached hydrogen (secondary N) is 1. The zero-order valence-electron chi connectivity index (χ0n) is 18.1. The second-order valence-electron chi connectivity index (χ2n) is 8.17. The van der Waals surface area contributed by atoms with Crippen molar-refractivity contribution in [3.8, 4) is 17.2 Å². The van der Waals surface area contributed by atoms with E-state index in [9.17, 15) is 4.79 Å². The molecule has 1 spiro atoms. The fourth-order valence-electron chi connectivity index (χ4n) is 4.81. The van der Waals surface area contributed by atoms with Gasteiger partial charge in [0.05, 0.1) is 26.0 Å². The van der Waals surface area contributed by atoms with E-state index in [0.717, 1.165) is 46.9 Å². The summed E-state index contributed by atoms with van der Waals surface area (Å²) < 4.78 is 17.6. The molecule has 1 atom stereocenters. The Balaban J connectivity index is 1.53. The number of hydrogen-bond acceptors (Lipinski definition) is 6. The summed E-state index contributed by atoms with van der Waals surface area (Å²) in [4.78, 5) is 13.8. The van der Waals surface area contributed by atoms with Crippen LogP contribution < -0.4 is 19.6 Å². The van der Waals surface area contributed by atoms with E-state index in [4.69, 9.17) is 14.2 Å². The van der Waals surface area contributed by atoms with Crippen molar-refractivity contribution in [1.29, 1.82) is 0 Å². The lowest BCUT2D eigenvalue weighted by molar-refractivity contribution is -0.165. The van der Waals surface area contributed by atoms with Crippen LogP contribution in [0.15, 0.2) is 48.5 Å². The first kappa shape index (κ1) is 19.8. The highest BCUT2D eigenvalue weighted by Crippen LogP contribution is 2.49. The van der Waals surface area contributed by atoms with Gasteiger partial charge >= 0.3 is 0 Å². The molecule has 0 radical (unpaired) electrons. The number of likely N-dealkylation sites (tertiary alicyclic amines) is 1. The molecule has 0 bridgehead atoms. The number of piperidine rings is 1. The number of methoxy groups -OCH3 is 2. The number of rotatable bonds is 3. The number of benzene rings is 2. The minimum Gasteiger partial charge on any atom is -0.497 e. The highest BCUT2D eigenvalue weighted by atomic mass is 16.5. The maximum Gasteiger partial charge on any atom is 0.219 e. The van der Waals surface area contributed by atoms with E-state index in [0.29, 0.717) is 13.1 Å². The molecule has 2 aromatic carbocycles. The summed E-state index contributed by atoms with van der Waals surface area (Å²) in [6.07, 6.45) is 3.68. The number of carbonyl (C=O) groups excluding carboxylic acids is 1. The molecule has 162 valence electrons. The predicted molar refractivity (Wildman–Crippen MR) is 117 cm³/mol. The van der Waals surface area contributed by atoms with Gasteiger partial charge in [-0.05, 0) is 24.3 Å². The van der Waals surface area contributed by atoms with Crippen LogP contribution in [0.1, 0.15) is 36.9 Å². The van der Waals surface area contributed by atoms with Crippen LogP contribution in [0.2, 0.25) is 0 Å². The highest BCUT2D eigenvalue weighted by Gasteiger charge is 2.51. The number of amides is 1. The molecule has 3 aliphatic heterocycles. The Kier molecular flexibility index (Phi) is 4.78.